The molecule has 0 amide bonds. The lowest BCUT2D eigenvalue weighted by atomic mass is 10.1. The SMILES string of the molecule is O=C(/C=C/c1ccccc1[N+](=O)[O-])OCc1csc(-c2ccccc2Cl)n1. The second kappa shape index (κ2) is 8.57. The highest BCUT2D eigenvalue weighted by atomic mass is 35.5. The van der Waals surface area contributed by atoms with Gasteiger partial charge in [0.25, 0.3) is 5.69 Å². The number of aromatic nitrogens is 1. The molecule has 0 atom stereocenters. The molecule has 3 rings (SSSR count). The number of halogens is 1. The van der Waals surface area contributed by atoms with Crippen molar-refractivity contribution in [2.45, 2.75) is 6.61 Å². The Bertz CT molecular complexity index is 1020. The van der Waals surface area contributed by atoms with Gasteiger partial charge in [-0.25, -0.2) is 9.78 Å². The van der Waals surface area contributed by atoms with E-state index in [1.165, 1.54) is 23.5 Å². The third-order valence-electron chi connectivity index (χ3n) is 3.55. The number of rotatable bonds is 6. The number of nitrogens with zero attached hydrogens (tertiary/aromatic N) is 2. The van der Waals surface area contributed by atoms with Crippen LogP contribution in [-0.4, -0.2) is 15.9 Å². The number of carbonyl (C=O) groups excluding carboxylic acids is 1. The molecule has 0 fully saturated rings. The molecule has 8 heteroatoms. The van der Waals surface area contributed by atoms with Gasteiger partial charge in [-0.15, -0.1) is 11.3 Å². The molecular formula is C19H13ClN2O4S. The van der Waals surface area contributed by atoms with Gasteiger partial charge in [0.05, 0.1) is 21.2 Å². The summed E-state index contributed by atoms with van der Waals surface area (Å²) in [6, 6.07) is 13.5. The van der Waals surface area contributed by atoms with Crippen LogP contribution in [0.4, 0.5) is 5.69 Å². The number of benzene rings is 2. The Morgan fingerprint density at radius 3 is 2.74 bits per heavy atom. The van der Waals surface area contributed by atoms with E-state index in [9.17, 15) is 14.9 Å². The summed E-state index contributed by atoms with van der Waals surface area (Å²) in [5.74, 6) is -0.611. The summed E-state index contributed by atoms with van der Waals surface area (Å²) in [6.07, 6.45) is 2.51. The molecule has 0 saturated carbocycles. The summed E-state index contributed by atoms with van der Waals surface area (Å²) in [5.41, 5.74) is 1.67. The average Bonchev–Trinajstić information content (AvgIpc) is 3.14. The van der Waals surface area contributed by atoms with Gasteiger partial charge in [-0.2, -0.15) is 0 Å². The fraction of sp³-hybridized carbons (Fsp3) is 0.0526. The molecule has 0 saturated heterocycles. The summed E-state index contributed by atoms with van der Waals surface area (Å²) >= 11 is 7.56. The predicted octanol–water partition coefficient (Wildman–Crippen LogP) is 5.13. The van der Waals surface area contributed by atoms with E-state index < -0.39 is 10.9 Å². The lowest BCUT2D eigenvalue weighted by Gasteiger charge is -2.00. The fourth-order valence-electron chi connectivity index (χ4n) is 2.28. The molecule has 1 aromatic heterocycles. The highest BCUT2D eigenvalue weighted by molar-refractivity contribution is 7.13. The maximum Gasteiger partial charge on any atom is 0.331 e. The van der Waals surface area contributed by atoms with E-state index in [2.05, 4.69) is 4.98 Å². The zero-order valence-corrected chi connectivity index (χ0v) is 15.4. The third kappa shape index (κ3) is 4.78. The van der Waals surface area contributed by atoms with Crippen molar-refractivity contribution in [2.75, 3.05) is 0 Å². The second-order valence-electron chi connectivity index (χ2n) is 5.38. The largest absolute Gasteiger partial charge is 0.456 e. The Morgan fingerprint density at radius 1 is 1.22 bits per heavy atom. The Hall–Kier alpha value is -3.03. The maximum absolute atomic E-state index is 11.9. The second-order valence-corrected chi connectivity index (χ2v) is 6.65. The third-order valence-corrected chi connectivity index (χ3v) is 4.80. The van der Waals surface area contributed by atoms with Crippen molar-refractivity contribution < 1.29 is 14.5 Å². The van der Waals surface area contributed by atoms with Crippen LogP contribution in [0.15, 0.2) is 60.0 Å². The molecule has 0 unspecified atom stereocenters. The number of hydrogen-bond donors (Lipinski definition) is 0. The first-order valence-electron chi connectivity index (χ1n) is 7.82. The molecule has 0 aliphatic rings. The van der Waals surface area contributed by atoms with E-state index in [1.54, 1.807) is 29.6 Å². The first kappa shape index (κ1) is 18.8. The van der Waals surface area contributed by atoms with Gasteiger partial charge < -0.3 is 4.74 Å². The minimum atomic E-state index is -0.611. The number of para-hydroxylation sites is 1. The molecule has 0 aliphatic carbocycles. The van der Waals surface area contributed by atoms with E-state index in [0.29, 0.717) is 16.3 Å². The lowest BCUT2D eigenvalue weighted by molar-refractivity contribution is -0.385. The molecular weight excluding hydrogens is 388 g/mol. The van der Waals surface area contributed by atoms with Crippen LogP contribution in [-0.2, 0) is 16.1 Å². The molecule has 0 aliphatic heterocycles. The van der Waals surface area contributed by atoms with Gasteiger partial charge in [0, 0.05) is 23.1 Å². The van der Waals surface area contributed by atoms with Gasteiger partial charge >= 0.3 is 5.97 Å². The number of ether oxygens (including phenoxy) is 1. The van der Waals surface area contributed by atoms with Crippen LogP contribution < -0.4 is 0 Å². The molecule has 136 valence electrons. The van der Waals surface area contributed by atoms with E-state index in [4.69, 9.17) is 16.3 Å². The normalized spacial score (nSPS) is 10.9. The number of nitro groups is 1. The summed E-state index contributed by atoms with van der Waals surface area (Å²) in [7, 11) is 0. The number of thiazole rings is 1. The first-order valence-corrected chi connectivity index (χ1v) is 9.08. The smallest absolute Gasteiger partial charge is 0.331 e. The van der Waals surface area contributed by atoms with Gasteiger partial charge in [-0.3, -0.25) is 10.1 Å². The van der Waals surface area contributed by atoms with E-state index >= 15 is 0 Å². The van der Waals surface area contributed by atoms with Crippen LogP contribution in [0.1, 0.15) is 11.3 Å². The van der Waals surface area contributed by atoms with Crippen molar-refractivity contribution in [2.24, 2.45) is 0 Å². The molecule has 1 heterocycles. The Morgan fingerprint density at radius 2 is 1.96 bits per heavy atom. The lowest BCUT2D eigenvalue weighted by Crippen LogP contribution is -2.01. The van der Waals surface area contributed by atoms with Crippen LogP contribution in [0.25, 0.3) is 16.6 Å². The number of hydrogen-bond acceptors (Lipinski definition) is 6. The van der Waals surface area contributed by atoms with E-state index in [-0.39, 0.29) is 12.3 Å². The van der Waals surface area contributed by atoms with Crippen LogP contribution in [0.2, 0.25) is 5.02 Å². The Kier molecular flexibility index (Phi) is 5.95. The van der Waals surface area contributed by atoms with Gasteiger partial charge in [-0.1, -0.05) is 41.9 Å². The molecule has 0 bridgehead atoms. The highest BCUT2D eigenvalue weighted by Gasteiger charge is 2.11. The molecule has 27 heavy (non-hydrogen) atoms. The number of carbonyl (C=O) groups is 1. The monoisotopic (exact) mass is 400 g/mol. The van der Waals surface area contributed by atoms with Crippen molar-refractivity contribution in [3.05, 3.63) is 86.4 Å². The van der Waals surface area contributed by atoms with E-state index in [0.717, 1.165) is 16.6 Å². The topological polar surface area (TPSA) is 82.3 Å². The maximum atomic E-state index is 11.9. The van der Waals surface area contributed by atoms with Gasteiger partial charge in [-0.05, 0) is 18.2 Å². The molecule has 2 aromatic carbocycles. The average molecular weight is 401 g/mol. The van der Waals surface area contributed by atoms with Crippen molar-refractivity contribution in [3.8, 4) is 10.6 Å². The van der Waals surface area contributed by atoms with Crippen molar-refractivity contribution >= 4 is 40.7 Å². The molecule has 0 radical (unpaired) electrons. The fourth-order valence-corrected chi connectivity index (χ4v) is 3.40. The van der Waals surface area contributed by atoms with Crippen molar-refractivity contribution in [1.82, 2.24) is 4.98 Å². The molecule has 0 spiro atoms. The molecule has 0 N–H and O–H groups in total. The summed E-state index contributed by atoms with van der Waals surface area (Å²) in [4.78, 5) is 26.7. The summed E-state index contributed by atoms with van der Waals surface area (Å²) in [5, 5.41) is 14.1. The molecule has 6 nitrogen and oxygen atoms in total. The van der Waals surface area contributed by atoms with Crippen LogP contribution in [0.5, 0.6) is 0 Å². The van der Waals surface area contributed by atoms with Crippen molar-refractivity contribution in [3.63, 3.8) is 0 Å². The van der Waals surface area contributed by atoms with Crippen molar-refractivity contribution in [1.29, 1.82) is 0 Å². The Labute approximate surface area is 163 Å². The quantitative estimate of drug-likeness (QED) is 0.248. The zero-order valence-electron chi connectivity index (χ0n) is 13.9. The highest BCUT2D eigenvalue weighted by Crippen LogP contribution is 2.30. The minimum Gasteiger partial charge on any atom is -0.456 e. The minimum absolute atomic E-state index is 0.00100. The number of esters is 1. The summed E-state index contributed by atoms with van der Waals surface area (Å²) < 4.78 is 5.15. The van der Waals surface area contributed by atoms with Crippen LogP contribution in [0, 0.1) is 10.1 Å². The first-order chi connectivity index (χ1) is 13.0. The standard InChI is InChI=1S/C19H13ClN2O4S/c20-16-7-3-2-6-15(16)19-21-14(12-27-19)11-26-18(23)10-9-13-5-1-4-8-17(13)22(24)25/h1-10,12H,11H2/b10-9+. The number of nitro benzene ring substituents is 1. The van der Waals surface area contributed by atoms with Gasteiger partial charge in [0.2, 0.25) is 0 Å². The van der Waals surface area contributed by atoms with Crippen LogP contribution >= 0.6 is 22.9 Å². The van der Waals surface area contributed by atoms with E-state index in [1.807, 2.05) is 18.2 Å². The molecule has 3 aromatic rings. The zero-order chi connectivity index (χ0) is 19.2. The summed E-state index contributed by atoms with van der Waals surface area (Å²) in [6.45, 7) is 0.00100. The Balaban J connectivity index is 1.62. The van der Waals surface area contributed by atoms with Gasteiger partial charge in [0.1, 0.15) is 11.6 Å². The van der Waals surface area contributed by atoms with Crippen LogP contribution in [0.3, 0.4) is 0 Å². The van der Waals surface area contributed by atoms with Gasteiger partial charge in [0.15, 0.2) is 0 Å². The predicted molar refractivity (Wildman–Crippen MR) is 104 cm³/mol.